The second-order valence-corrected chi connectivity index (χ2v) is 8.91. The molecule has 0 aromatic heterocycles. The van der Waals surface area contributed by atoms with Crippen molar-refractivity contribution in [2.24, 2.45) is 5.92 Å². The number of benzene rings is 2. The second kappa shape index (κ2) is 14.4. The molecule has 0 aliphatic rings. The fraction of sp³-hybridized carbons (Fsp3) is 0.423. The van der Waals surface area contributed by atoms with E-state index < -0.39 is 42.4 Å². The Morgan fingerprint density at radius 2 is 1.43 bits per heavy atom. The molecule has 0 radical (unpaired) electrons. The molecule has 11 nitrogen and oxygen atoms in total. The highest BCUT2D eigenvalue weighted by Gasteiger charge is 2.24. The van der Waals surface area contributed by atoms with Crippen molar-refractivity contribution in [3.05, 3.63) is 48.0 Å². The minimum Gasteiger partial charge on any atom is -0.481 e. The van der Waals surface area contributed by atoms with Gasteiger partial charge in [-0.05, 0) is 48.4 Å². The zero-order valence-corrected chi connectivity index (χ0v) is 20.6. The summed E-state index contributed by atoms with van der Waals surface area (Å²) in [6.07, 6.45) is 0.718. The number of unbranched alkanes of at least 4 members (excludes halogenated alkanes) is 1. The van der Waals surface area contributed by atoms with Crippen molar-refractivity contribution in [3.63, 3.8) is 0 Å². The van der Waals surface area contributed by atoms with Crippen LogP contribution in [0.2, 0.25) is 0 Å². The predicted octanol–water partition coefficient (Wildman–Crippen LogP) is 2.38. The van der Waals surface area contributed by atoms with Crippen LogP contribution in [0.15, 0.2) is 42.5 Å². The average Bonchev–Trinajstić information content (AvgIpc) is 2.84. The van der Waals surface area contributed by atoms with Crippen LogP contribution in [-0.4, -0.2) is 63.8 Å². The van der Waals surface area contributed by atoms with Gasteiger partial charge in [-0.1, -0.05) is 49.4 Å². The van der Waals surface area contributed by atoms with E-state index >= 15 is 0 Å². The second-order valence-electron chi connectivity index (χ2n) is 8.91. The molecule has 3 atom stereocenters. The highest BCUT2D eigenvalue weighted by molar-refractivity contribution is 5.86. The number of carbonyl (C=O) groups is 5. The number of aliphatic carboxylic acids is 3. The first-order valence-electron chi connectivity index (χ1n) is 12.1. The molecule has 0 aliphatic heterocycles. The third-order valence-electron chi connectivity index (χ3n) is 5.88. The van der Waals surface area contributed by atoms with E-state index in [-0.39, 0.29) is 24.7 Å². The zero-order valence-electron chi connectivity index (χ0n) is 20.6. The van der Waals surface area contributed by atoms with Gasteiger partial charge in [-0.3, -0.25) is 9.59 Å². The summed E-state index contributed by atoms with van der Waals surface area (Å²) >= 11 is 0. The molecule has 6 N–H and O–H groups in total. The maximum Gasteiger partial charge on any atom is 0.326 e. The quantitative estimate of drug-likeness (QED) is 0.195. The van der Waals surface area contributed by atoms with Gasteiger partial charge < -0.3 is 31.3 Å². The number of amides is 3. The van der Waals surface area contributed by atoms with Crippen molar-refractivity contribution in [1.82, 2.24) is 16.0 Å². The van der Waals surface area contributed by atoms with Crippen LogP contribution >= 0.6 is 0 Å². The molecular weight excluding hydrogens is 482 g/mol. The summed E-state index contributed by atoms with van der Waals surface area (Å²) in [5.74, 6) is -4.29. The van der Waals surface area contributed by atoms with Crippen LogP contribution < -0.4 is 16.0 Å². The topological polar surface area (TPSA) is 182 Å². The fourth-order valence-corrected chi connectivity index (χ4v) is 3.81. The Balaban J connectivity index is 1.73. The number of hydrogen-bond donors (Lipinski definition) is 6. The monoisotopic (exact) mass is 515 g/mol. The number of fused-ring (bicyclic) bond motifs is 1. The van der Waals surface area contributed by atoms with Gasteiger partial charge >= 0.3 is 23.9 Å². The van der Waals surface area contributed by atoms with Gasteiger partial charge in [0.25, 0.3) is 0 Å². The predicted molar refractivity (Wildman–Crippen MR) is 135 cm³/mol. The number of carboxylic acid groups (broad SMARTS) is 3. The Morgan fingerprint density at radius 3 is 2.05 bits per heavy atom. The van der Waals surface area contributed by atoms with Gasteiger partial charge in [0, 0.05) is 18.9 Å². The van der Waals surface area contributed by atoms with Gasteiger partial charge in [0.2, 0.25) is 5.91 Å². The van der Waals surface area contributed by atoms with Gasteiger partial charge in [-0.25, -0.2) is 14.4 Å². The van der Waals surface area contributed by atoms with Crippen molar-refractivity contribution in [1.29, 1.82) is 0 Å². The molecule has 0 fully saturated rings. The van der Waals surface area contributed by atoms with Crippen molar-refractivity contribution >= 4 is 40.6 Å². The first-order chi connectivity index (χ1) is 17.6. The van der Waals surface area contributed by atoms with E-state index in [0.29, 0.717) is 25.8 Å². The number of nitrogens with one attached hydrogen (secondary N) is 3. The van der Waals surface area contributed by atoms with Gasteiger partial charge in [0.15, 0.2) is 0 Å². The molecule has 0 aliphatic carbocycles. The smallest absolute Gasteiger partial charge is 0.326 e. The highest BCUT2D eigenvalue weighted by Crippen LogP contribution is 2.18. The first kappa shape index (κ1) is 29.1. The third kappa shape index (κ3) is 10.2. The molecule has 3 amide bonds. The number of rotatable bonds is 15. The lowest BCUT2D eigenvalue weighted by Gasteiger charge is -2.18. The fourth-order valence-electron chi connectivity index (χ4n) is 3.81. The van der Waals surface area contributed by atoms with E-state index in [0.717, 1.165) is 16.3 Å². The molecule has 2 rings (SSSR count). The largest absolute Gasteiger partial charge is 0.481 e. The van der Waals surface area contributed by atoms with Crippen LogP contribution in [0.5, 0.6) is 0 Å². The number of urea groups is 1. The maximum atomic E-state index is 12.5. The van der Waals surface area contributed by atoms with E-state index in [9.17, 15) is 29.1 Å². The first-order valence-corrected chi connectivity index (χ1v) is 12.1. The Morgan fingerprint density at radius 1 is 0.811 bits per heavy atom. The van der Waals surface area contributed by atoms with Crippen LogP contribution in [0.25, 0.3) is 10.8 Å². The molecule has 0 saturated heterocycles. The molecule has 2 aromatic carbocycles. The van der Waals surface area contributed by atoms with Gasteiger partial charge in [0.1, 0.15) is 12.1 Å². The summed E-state index contributed by atoms with van der Waals surface area (Å²) in [5.41, 5.74) is 1.06. The van der Waals surface area contributed by atoms with Crippen LogP contribution in [0, 0.1) is 5.92 Å². The molecule has 2 aromatic rings. The zero-order chi connectivity index (χ0) is 27.4. The highest BCUT2D eigenvalue weighted by atomic mass is 16.4. The molecule has 37 heavy (non-hydrogen) atoms. The Bertz CT molecular complexity index is 1120. The van der Waals surface area contributed by atoms with Gasteiger partial charge in [-0.15, -0.1) is 0 Å². The number of carboxylic acids is 3. The standard InChI is InChI=1S/C26H33N3O8/c1-16(14-17-9-10-18-6-2-3-7-19(18)15-17)23(32)27-13-5-4-8-20(24(33)34)28-26(37)29-21(25(35)36)11-12-22(30)31/h2-3,6-7,9-10,15-16,20-21H,4-5,8,11-14H2,1H3,(H,27,32)(H,30,31)(H,33,34)(H,35,36)(H2,28,29,37)/t16-,20-,21-/m0/s1. The molecule has 200 valence electrons. The van der Waals surface area contributed by atoms with E-state index in [1.54, 1.807) is 0 Å². The Kier molecular flexibility index (Phi) is 11.3. The lowest BCUT2D eigenvalue weighted by Crippen LogP contribution is -2.51. The number of carbonyl (C=O) groups excluding carboxylic acids is 2. The van der Waals surface area contributed by atoms with Crippen molar-refractivity contribution in [3.8, 4) is 0 Å². The average molecular weight is 516 g/mol. The molecule has 0 spiro atoms. The molecule has 0 unspecified atom stereocenters. The minimum atomic E-state index is -1.46. The summed E-state index contributed by atoms with van der Waals surface area (Å²) in [4.78, 5) is 57.8. The van der Waals surface area contributed by atoms with Gasteiger partial charge in [-0.2, -0.15) is 0 Å². The van der Waals surface area contributed by atoms with E-state index in [1.807, 2.05) is 43.3 Å². The molecule has 0 heterocycles. The van der Waals surface area contributed by atoms with Gasteiger partial charge in [0.05, 0.1) is 0 Å². The number of hydrogen-bond acceptors (Lipinski definition) is 5. The molecule has 11 heteroatoms. The molecular formula is C26H33N3O8. The lowest BCUT2D eigenvalue weighted by molar-refractivity contribution is -0.140. The van der Waals surface area contributed by atoms with E-state index in [1.165, 1.54) is 0 Å². The third-order valence-corrected chi connectivity index (χ3v) is 5.88. The van der Waals surface area contributed by atoms with E-state index in [4.69, 9.17) is 10.2 Å². The summed E-state index contributed by atoms with van der Waals surface area (Å²) in [6.45, 7) is 2.18. The van der Waals surface area contributed by atoms with Crippen LogP contribution in [0.4, 0.5) is 4.79 Å². The molecule has 0 saturated carbocycles. The Labute approximate surface area is 214 Å². The maximum absolute atomic E-state index is 12.5. The van der Waals surface area contributed by atoms with Crippen molar-refractivity contribution in [2.75, 3.05) is 6.54 Å². The summed E-state index contributed by atoms with van der Waals surface area (Å²) < 4.78 is 0. The lowest BCUT2D eigenvalue weighted by atomic mass is 9.98. The molecule has 0 bridgehead atoms. The van der Waals surface area contributed by atoms with Crippen LogP contribution in [0.1, 0.15) is 44.6 Å². The van der Waals surface area contributed by atoms with Crippen molar-refractivity contribution < 1.29 is 39.3 Å². The summed E-state index contributed by atoms with van der Waals surface area (Å²) in [6, 6.07) is 10.4. The van der Waals surface area contributed by atoms with E-state index in [2.05, 4.69) is 22.0 Å². The summed E-state index contributed by atoms with van der Waals surface area (Å²) in [7, 11) is 0. The summed E-state index contributed by atoms with van der Waals surface area (Å²) in [5, 5.41) is 36.5. The van der Waals surface area contributed by atoms with Crippen LogP contribution in [0.3, 0.4) is 0 Å². The SMILES string of the molecule is C[C@@H](Cc1ccc2ccccc2c1)C(=O)NCCCC[C@H](NC(=O)N[C@@H](CCC(=O)O)C(=O)O)C(=O)O. The Hall–Kier alpha value is -4.15. The van der Waals surface area contributed by atoms with Crippen molar-refractivity contribution in [2.45, 2.75) is 57.5 Å². The minimum absolute atomic E-state index is 0.0676. The van der Waals surface area contributed by atoms with Crippen LogP contribution in [-0.2, 0) is 25.6 Å². The normalized spacial score (nSPS) is 13.2.